The summed E-state index contributed by atoms with van der Waals surface area (Å²) >= 11 is 1.30. The van der Waals surface area contributed by atoms with Crippen molar-refractivity contribution in [1.29, 1.82) is 0 Å². The second-order valence-electron chi connectivity index (χ2n) is 8.74. The molecule has 1 atom stereocenters. The molecule has 36 heavy (non-hydrogen) atoms. The topological polar surface area (TPSA) is 79.1 Å². The molecule has 0 radical (unpaired) electrons. The number of benzene rings is 2. The zero-order valence-electron chi connectivity index (χ0n) is 21.3. The summed E-state index contributed by atoms with van der Waals surface area (Å²) in [7, 11) is 3.10. The van der Waals surface area contributed by atoms with Crippen LogP contribution in [0.1, 0.15) is 56.3 Å². The van der Waals surface area contributed by atoms with Gasteiger partial charge in [-0.3, -0.25) is 9.36 Å². The number of aromatic nitrogens is 1. The van der Waals surface area contributed by atoms with Gasteiger partial charge in [0.25, 0.3) is 5.56 Å². The molecule has 1 aliphatic rings. The van der Waals surface area contributed by atoms with Crippen molar-refractivity contribution >= 4 is 23.4 Å². The van der Waals surface area contributed by atoms with Crippen molar-refractivity contribution in [1.82, 2.24) is 4.57 Å². The minimum Gasteiger partial charge on any atom is -0.493 e. The van der Waals surface area contributed by atoms with Gasteiger partial charge in [-0.2, -0.15) is 0 Å². The molecule has 0 saturated heterocycles. The number of methoxy groups -OCH3 is 2. The summed E-state index contributed by atoms with van der Waals surface area (Å²) in [6.45, 7) is 8.02. The van der Waals surface area contributed by atoms with Crippen molar-refractivity contribution in [2.75, 3.05) is 20.8 Å². The van der Waals surface area contributed by atoms with Gasteiger partial charge in [-0.15, -0.1) is 0 Å². The molecule has 188 valence electrons. The molecule has 0 unspecified atom stereocenters. The smallest absolute Gasteiger partial charge is 0.338 e. The molecule has 0 N–H and O–H groups in total. The first-order chi connectivity index (χ1) is 17.3. The van der Waals surface area contributed by atoms with Crippen LogP contribution in [0.25, 0.3) is 6.08 Å². The molecule has 8 heteroatoms. The second kappa shape index (κ2) is 10.5. The number of fused-ring (bicyclic) bond motifs is 1. The summed E-state index contributed by atoms with van der Waals surface area (Å²) in [6.07, 6.45) is 1.86. The van der Waals surface area contributed by atoms with Crippen molar-refractivity contribution in [3.8, 4) is 11.5 Å². The van der Waals surface area contributed by atoms with E-state index in [0.29, 0.717) is 43.6 Å². The van der Waals surface area contributed by atoms with E-state index in [1.165, 1.54) is 16.9 Å². The summed E-state index contributed by atoms with van der Waals surface area (Å²) in [5, 5.41) is 0. The van der Waals surface area contributed by atoms with Gasteiger partial charge in [0.15, 0.2) is 16.3 Å². The van der Waals surface area contributed by atoms with Crippen molar-refractivity contribution in [2.24, 2.45) is 4.99 Å². The second-order valence-corrected chi connectivity index (χ2v) is 9.75. The van der Waals surface area contributed by atoms with Gasteiger partial charge in [-0.25, -0.2) is 9.79 Å². The van der Waals surface area contributed by atoms with Gasteiger partial charge in [0.05, 0.1) is 42.7 Å². The summed E-state index contributed by atoms with van der Waals surface area (Å²) in [5.74, 6) is 0.976. The Hall–Kier alpha value is -3.65. The summed E-state index contributed by atoms with van der Waals surface area (Å²) < 4.78 is 18.3. The van der Waals surface area contributed by atoms with E-state index in [1.54, 1.807) is 44.8 Å². The highest BCUT2D eigenvalue weighted by Gasteiger charge is 2.33. The van der Waals surface area contributed by atoms with E-state index >= 15 is 0 Å². The molecule has 0 saturated carbocycles. The van der Waals surface area contributed by atoms with Crippen LogP contribution in [0.4, 0.5) is 0 Å². The predicted octanol–water partition coefficient (Wildman–Crippen LogP) is 3.94. The van der Waals surface area contributed by atoms with E-state index in [9.17, 15) is 9.59 Å². The summed E-state index contributed by atoms with van der Waals surface area (Å²) in [4.78, 5) is 31.9. The Labute approximate surface area is 214 Å². The number of hydrogen-bond donors (Lipinski definition) is 0. The number of thiazole rings is 1. The molecule has 0 bridgehead atoms. The number of rotatable bonds is 7. The Kier molecular flexibility index (Phi) is 7.45. The van der Waals surface area contributed by atoms with Gasteiger partial charge in [-0.05, 0) is 54.7 Å². The third-order valence-electron chi connectivity index (χ3n) is 6.14. The number of carbonyl (C=O) groups is 1. The highest BCUT2D eigenvalue weighted by molar-refractivity contribution is 7.07. The number of nitrogens with zero attached hydrogens (tertiary/aromatic N) is 2. The van der Waals surface area contributed by atoms with Crippen LogP contribution in [0.3, 0.4) is 0 Å². The zero-order valence-corrected chi connectivity index (χ0v) is 22.1. The lowest BCUT2D eigenvalue weighted by Gasteiger charge is -2.25. The number of hydrogen-bond acceptors (Lipinski definition) is 7. The highest BCUT2D eigenvalue weighted by atomic mass is 32.1. The van der Waals surface area contributed by atoms with Crippen molar-refractivity contribution < 1.29 is 19.0 Å². The zero-order chi connectivity index (χ0) is 26.0. The number of ether oxygens (including phenoxy) is 3. The summed E-state index contributed by atoms with van der Waals surface area (Å²) in [6, 6.07) is 12.8. The molecule has 2 aromatic carbocycles. The van der Waals surface area contributed by atoms with Gasteiger partial charge in [0.1, 0.15) is 0 Å². The lowest BCUT2D eigenvalue weighted by atomic mass is 9.95. The Balaban J connectivity index is 1.92. The maximum atomic E-state index is 13.7. The lowest BCUT2D eigenvalue weighted by molar-refractivity contribution is -0.139. The third kappa shape index (κ3) is 4.73. The van der Waals surface area contributed by atoms with Crippen LogP contribution in [-0.4, -0.2) is 31.4 Å². The Morgan fingerprint density at radius 2 is 1.81 bits per heavy atom. The molecule has 0 aliphatic carbocycles. The molecular formula is C28H30N2O5S. The van der Waals surface area contributed by atoms with Crippen molar-refractivity contribution in [3.05, 3.63) is 90.1 Å². The quantitative estimate of drug-likeness (QED) is 0.454. The first-order valence-corrected chi connectivity index (χ1v) is 12.6. The fourth-order valence-corrected chi connectivity index (χ4v) is 5.30. The Bertz CT molecular complexity index is 1500. The first-order valence-electron chi connectivity index (χ1n) is 11.8. The van der Waals surface area contributed by atoms with E-state index in [-0.39, 0.29) is 12.2 Å². The predicted molar refractivity (Wildman–Crippen MR) is 140 cm³/mol. The SMILES string of the molecule is CCOC(=O)C1=C(C)N=c2s/c(=C\c3ccc(C(C)C)cc3)c(=O)n2[C@@H]1c1ccc(OC)c(OC)c1. The van der Waals surface area contributed by atoms with Gasteiger partial charge >= 0.3 is 5.97 Å². The highest BCUT2D eigenvalue weighted by Crippen LogP contribution is 2.36. The molecule has 2 heterocycles. The molecular weight excluding hydrogens is 476 g/mol. The molecule has 7 nitrogen and oxygen atoms in total. The molecule has 0 spiro atoms. The fraction of sp³-hybridized carbons (Fsp3) is 0.321. The monoisotopic (exact) mass is 506 g/mol. The van der Waals surface area contributed by atoms with Gasteiger partial charge in [0.2, 0.25) is 0 Å². The van der Waals surface area contributed by atoms with Crippen LogP contribution >= 0.6 is 11.3 Å². The van der Waals surface area contributed by atoms with Crippen LogP contribution in [0.15, 0.2) is 63.5 Å². The van der Waals surface area contributed by atoms with Crippen molar-refractivity contribution in [2.45, 2.75) is 39.7 Å². The standard InChI is InChI=1S/C28H30N2O5S/c1-7-35-27(32)24-17(4)29-28-30(25(24)20-12-13-21(33-5)22(15-20)34-6)26(31)23(36-28)14-18-8-10-19(11-9-18)16(2)3/h8-16,25H,7H2,1-6H3/b23-14-/t25-/m1/s1. The van der Waals surface area contributed by atoms with Gasteiger partial charge < -0.3 is 14.2 Å². The largest absolute Gasteiger partial charge is 0.493 e. The molecule has 0 amide bonds. The minimum absolute atomic E-state index is 0.213. The molecule has 3 aromatic rings. The maximum Gasteiger partial charge on any atom is 0.338 e. The van der Waals surface area contributed by atoms with Crippen LogP contribution in [0.5, 0.6) is 11.5 Å². The Morgan fingerprint density at radius 3 is 2.42 bits per heavy atom. The van der Waals surface area contributed by atoms with E-state index < -0.39 is 12.0 Å². The normalized spacial score (nSPS) is 15.5. The van der Waals surface area contributed by atoms with Gasteiger partial charge in [-0.1, -0.05) is 55.5 Å². The van der Waals surface area contributed by atoms with Gasteiger partial charge in [0, 0.05) is 0 Å². The average Bonchev–Trinajstić information content (AvgIpc) is 3.17. The van der Waals surface area contributed by atoms with Crippen LogP contribution in [0.2, 0.25) is 0 Å². The molecule has 1 aromatic heterocycles. The number of carbonyl (C=O) groups excluding carboxylic acids is 1. The van der Waals surface area contributed by atoms with Crippen LogP contribution < -0.4 is 24.4 Å². The minimum atomic E-state index is -0.717. The van der Waals surface area contributed by atoms with E-state index in [2.05, 4.69) is 31.0 Å². The first kappa shape index (κ1) is 25.4. The van der Waals surface area contributed by atoms with Crippen molar-refractivity contribution in [3.63, 3.8) is 0 Å². The van der Waals surface area contributed by atoms with Crippen LogP contribution in [0, 0.1) is 0 Å². The van der Waals surface area contributed by atoms with E-state index in [1.807, 2.05) is 24.3 Å². The Morgan fingerprint density at radius 1 is 1.11 bits per heavy atom. The fourth-order valence-electron chi connectivity index (χ4n) is 4.26. The number of allylic oxidation sites excluding steroid dienone is 1. The number of esters is 1. The molecule has 0 fully saturated rings. The van der Waals surface area contributed by atoms with E-state index in [0.717, 1.165) is 5.56 Å². The third-order valence-corrected chi connectivity index (χ3v) is 7.12. The average molecular weight is 507 g/mol. The van der Waals surface area contributed by atoms with Crippen LogP contribution in [-0.2, 0) is 9.53 Å². The summed E-state index contributed by atoms with van der Waals surface area (Å²) in [5.41, 5.74) is 3.47. The maximum absolute atomic E-state index is 13.7. The lowest BCUT2D eigenvalue weighted by Crippen LogP contribution is -2.39. The molecule has 4 rings (SSSR count). The molecule has 1 aliphatic heterocycles. The van der Waals surface area contributed by atoms with E-state index in [4.69, 9.17) is 14.2 Å².